The molecule has 0 aliphatic heterocycles. The first-order chi connectivity index (χ1) is 23.4. The topological polar surface area (TPSA) is 78.2 Å². The van der Waals surface area contributed by atoms with Crippen molar-refractivity contribution in [3.05, 3.63) is 95.7 Å². The van der Waals surface area contributed by atoms with Crippen LogP contribution in [0.4, 0.5) is 11.8 Å². The van der Waals surface area contributed by atoms with Crippen LogP contribution in [0.15, 0.2) is 79.0 Å². The van der Waals surface area contributed by atoms with Crippen LogP contribution < -0.4 is 15.5 Å². The number of nitrogens with one attached hydrogen (secondary N) is 2. The standard InChI is InChI=1S/C41H52N6O/c1-46(2)40-35-14-7-9-15-37(35)44-41(45-40)43-33-23-21-32(22-24-33)42-26-31(36-27-47(3)38-16-10-8-13-34(36)38)25-39(48)30-19-17-29(18-20-30)28-11-5-4-6-12-28/h7-10,13-20,27-28,31-33,39,42,48H,4-6,11-12,21-26H2,1-3H3,(H,43,44,45). The van der Waals surface area contributed by atoms with E-state index in [4.69, 9.17) is 9.97 Å². The van der Waals surface area contributed by atoms with E-state index < -0.39 is 6.10 Å². The number of hydrogen-bond acceptors (Lipinski definition) is 6. The van der Waals surface area contributed by atoms with Crippen LogP contribution in [0.1, 0.15) is 98.8 Å². The summed E-state index contributed by atoms with van der Waals surface area (Å²) in [6, 6.07) is 26.6. The molecular weight excluding hydrogens is 592 g/mol. The van der Waals surface area contributed by atoms with Gasteiger partial charge in [-0.3, -0.25) is 0 Å². The minimum Gasteiger partial charge on any atom is -0.388 e. The van der Waals surface area contributed by atoms with Gasteiger partial charge >= 0.3 is 0 Å². The third kappa shape index (κ3) is 7.23. The smallest absolute Gasteiger partial charge is 0.225 e. The molecule has 0 bridgehead atoms. The third-order valence-electron chi connectivity index (χ3n) is 11.0. The Labute approximate surface area is 285 Å². The number of rotatable bonds is 11. The molecule has 0 spiro atoms. The maximum absolute atomic E-state index is 11.6. The van der Waals surface area contributed by atoms with E-state index in [1.54, 1.807) is 0 Å². The predicted molar refractivity (Wildman–Crippen MR) is 199 cm³/mol. The van der Waals surface area contributed by atoms with E-state index in [2.05, 4.69) is 94.0 Å². The molecule has 0 saturated heterocycles. The summed E-state index contributed by atoms with van der Waals surface area (Å²) in [7, 11) is 6.20. The molecule has 252 valence electrons. The van der Waals surface area contributed by atoms with E-state index in [1.165, 1.54) is 54.1 Å². The maximum atomic E-state index is 11.6. The normalized spacial score (nSPS) is 20.2. The first-order valence-corrected chi connectivity index (χ1v) is 18.2. The van der Waals surface area contributed by atoms with Crippen LogP contribution >= 0.6 is 0 Å². The monoisotopic (exact) mass is 644 g/mol. The third-order valence-corrected chi connectivity index (χ3v) is 11.0. The number of para-hydroxylation sites is 2. The molecule has 7 heteroatoms. The number of aliphatic hydroxyl groups excluding tert-OH is 1. The van der Waals surface area contributed by atoms with Crippen molar-refractivity contribution in [3.8, 4) is 0 Å². The van der Waals surface area contributed by atoms with Gasteiger partial charge in [0.25, 0.3) is 0 Å². The van der Waals surface area contributed by atoms with Crippen LogP contribution in [0.5, 0.6) is 0 Å². The van der Waals surface area contributed by atoms with E-state index in [1.807, 2.05) is 26.2 Å². The number of fused-ring (bicyclic) bond motifs is 2. The Morgan fingerprint density at radius 1 is 0.812 bits per heavy atom. The lowest BCUT2D eigenvalue weighted by atomic mass is 9.83. The summed E-state index contributed by atoms with van der Waals surface area (Å²) in [6.45, 7) is 0.841. The van der Waals surface area contributed by atoms with Crippen LogP contribution in [0, 0.1) is 0 Å². The first-order valence-electron chi connectivity index (χ1n) is 18.2. The number of aliphatic hydroxyl groups is 1. The zero-order chi connectivity index (χ0) is 33.0. The molecule has 2 aliphatic rings. The van der Waals surface area contributed by atoms with Gasteiger partial charge in [-0.2, -0.15) is 4.98 Å². The molecule has 3 aromatic carbocycles. The van der Waals surface area contributed by atoms with E-state index in [0.717, 1.165) is 54.5 Å². The number of aromatic nitrogens is 3. The van der Waals surface area contributed by atoms with Gasteiger partial charge < -0.3 is 25.2 Å². The first kappa shape index (κ1) is 32.6. The van der Waals surface area contributed by atoms with Gasteiger partial charge in [-0.15, -0.1) is 0 Å². The summed E-state index contributed by atoms with van der Waals surface area (Å²) in [4.78, 5) is 11.8. The maximum Gasteiger partial charge on any atom is 0.225 e. The lowest BCUT2D eigenvalue weighted by Gasteiger charge is -2.31. The van der Waals surface area contributed by atoms with E-state index in [9.17, 15) is 5.11 Å². The Balaban J connectivity index is 1.01. The zero-order valence-electron chi connectivity index (χ0n) is 28.9. The summed E-state index contributed by atoms with van der Waals surface area (Å²) in [6.07, 6.45) is 13.4. The van der Waals surface area contributed by atoms with E-state index in [-0.39, 0.29) is 5.92 Å². The van der Waals surface area contributed by atoms with E-state index >= 15 is 0 Å². The fourth-order valence-corrected chi connectivity index (χ4v) is 8.25. The molecule has 2 aromatic heterocycles. The van der Waals surface area contributed by atoms with Crippen LogP contribution in [0.25, 0.3) is 21.8 Å². The largest absolute Gasteiger partial charge is 0.388 e. The van der Waals surface area contributed by atoms with Crippen molar-refractivity contribution in [2.24, 2.45) is 7.05 Å². The van der Waals surface area contributed by atoms with Crippen molar-refractivity contribution >= 4 is 33.6 Å². The number of aryl methyl sites for hydroxylation is 1. The molecule has 2 atom stereocenters. The fraction of sp³-hybridized carbons (Fsp3) is 0.463. The van der Waals surface area contributed by atoms with Crippen molar-refractivity contribution in [2.75, 3.05) is 30.9 Å². The minimum atomic E-state index is -0.509. The molecule has 2 heterocycles. The summed E-state index contributed by atoms with van der Waals surface area (Å²) >= 11 is 0. The molecule has 2 saturated carbocycles. The van der Waals surface area contributed by atoms with Gasteiger partial charge in [-0.1, -0.05) is 73.9 Å². The Hall–Kier alpha value is -3.94. The Morgan fingerprint density at radius 3 is 2.25 bits per heavy atom. The number of benzene rings is 3. The van der Waals surface area contributed by atoms with Crippen molar-refractivity contribution in [3.63, 3.8) is 0 Å². The number of hydrogen-bond donors (Lipinski definition) is 3. The Morgan fingerprint density at radius 2 is 1.50 bits per heavy atom. The second kappa shape index (κ2) is 14.7. The summed E-state index contributed by atoms with van der Waals surface area (Å²) in [5.74, 6) is 2.53. The SMILES string of the molecule is CN(C)c1nc(NC2CCC(NCC(CC(O)c3ccc(C4CCCCC4)cc3)c3cn(C)c4ccccc34)CC2)nc2ccccc12. The Bertz CT molecular complexity index is 1800. The molecule has 48 heavy (non-hydrogen) atoms. The van der Waals surface area contributed by atoms with Gasteiger partial charge in [0.1, 0.15) is 5.82 Å². The quantitative estimate of drug-likeness (QED) is 0.134. The summed E-state index contributed by atoms with van der Waals surface area (Å²) in [5.41, 5.74) is 5.99. The molecule has 7 rings (SSSR count). The average Bonchev–Trinajstić information content (AvgIpc) is 3.46. The van der Waals surface area contributed by atoms with Gasteiger partial charge in [-0.25, -0.2) is 4.98 Å². The van der Waals surface area contributed by atoms with Crippen LogP contribution in [-0.4, -0.2) is 52.4 Å². The van der Waals surface area contributed by atoms with Gasteiger partial charge in [0.05, 0.1) is 11.6 Å². The second-order valence-corrected chi connectivity index (χ2v) is 14.5. The highest BCUT2D eigenvalue weighted by Gasteiger charge is 2.26. The van der Waals surface area contributed by atoms with Gasteiger partial charge in [0.2, 0.25) is 5.95 Å². The fourth-order valence-electron chi connectivity index (χ4n) is 8.25. The lowest BCUT2D eigenvalue weighted by molar-refractivity contribution is 0.155. The Kier molecular flexibility index (Phi) is 9.96. The van der Waals surface area contributed by atoms with Crippen molar-refractivity contribution in [1.29, 1.82) is 0 Å². The van der Waals surface area contributed by atoms with Crippen LogP contribution in [0.2, 0.25) is 0 Å². The van der Waals surface area contributed by atoms with Gasteiger partial charge in [0, 0.05) is 68.2 Å². The minimum absolute atomic E-state index is 0.190. The van der Waals surface area contributed by atoms with Crippen molar-refractivity contribution in [1.82, 2.24) is 19.9 Å². The lowest BCUT2D eigenvalue weighted by Crippen LogP contribution is -2.39. The average molecular weight is 645 g/mol. The summed E-state index contributed by atoms with van der Waals surface area (Å²) < 4.78 is 2.23. The molecule has 0 radical (unpaired) electrons. The molecule has 3 N–H and O–H groups in total. The molecule has 2 unspecified atom stereocenters. The van der Waals surface area contributed by atoms with Gasteiger partial charge in [0.15, 0.2) is 0 Å². The molecule has 2 aliphatic carbocycles. The molecule has 7 nitrogen and oxygen atoms in total. The second-order valence-electron chi connectivity index (χ2n) is 14.5. The number of nitrogens with zero attached hydrogens (tertiary/aromatic N) is 4. The highest BCUT2D eigenvalue weighted by atomic mass is 16.3. The highest BCUT2D eigenvalue weighted by Crippen LogP contribution is 2.36. The van der Waals surface area contributed by atoms with Gasteiger partial charge in [-0.05, 0) is 85.8 Å². The molecule has 0 amide bonds. The van der Waals surface area contributed by atoms with Crippen LogP contribution in [0.3, 0.4) is 0 Å². The summed E-state index contributed by atoms with van der Waals surface area (Å²) in [5, 5.41) is 21.6. The van der Waals surface area contributed by atoms with Crippen LogP contribution in [-0.2, 0) is 7.05 Å². The van der Waals surface area contributed by atoms with E-state index in [0.29, 0.717) is 30.4 Å². The molecular formula is C41H52N6O. The van der Waals surface area contributed by atoms with Crippen molar-refractivity contribution in [2.45, 2.75) is 94.2 Å². The van der Waals surface area contributed by atoms with Crippen molar-refractivity contribution < 1.29 is 5.11 Å². The number of anilines is 2. The predicted octanol–water partition coefficient (Wildman–Crippen LogP) is 8.46. The zero-order valence-corrected chi connectivity index (χ0v) is 28.9. The highest BCUT2D eigenvalue weighted by molar-refractivity contribution is 5.90. The molecule has 5 aromatic rings. The molecule has 2 fully saturated rings.